The largest absolute Gasteiger partial charge is 0.392 e. The van der Waals surface area contributed by atoms with E-state index in [4.69, 9.17) is 0 Å². The van der Waals surface area contributed by atoms with E-state index in [2.05, 4.69) is 43.4 Å². The predicted molar refractivity (Wildman–Crippen MR) is 87.1 cm³/mol. The molecule has 1 aromatic carbocycles. The van der Waals surface area contributed by atoms with Crippen molar-refractivity contribution in [1.82, 2.24) is 5.32 Å². The fourth-order valence-corrected chi connectivity index (χ4v) is 3.93. The lowest BCUT2D eigenvalue weighted by Gasteiger charge is -2.27. The summed E-state index contributed by atoms with van der Waals surface area (Å²) in [5, 5.41) is 13.9. The third-order valence-electron chi connectivity index (χ3n) is 3.74. The van der Waals surface area contributed by atoms with Gasteiger partial charge in [-0.15, -0.1) is 11.8 Å². The van der Waals surface area contributed by atoms with Gasteiger partial charge in [0.1, 0.15) is 0 Å². The van der Waals surface area contributed by atoms with Crippen LogP contribution in [-0.2, 0) is 6.54 Å². The third kappa shape index (κ3) is 5.12. The summed E-state index contributed by atoms with van der Waals surface area (Å²) < 4.78 is 0. The van der Waals surface area contributed by atoms with E-state index < -0.39 is 0 Å². The third-order valence-corrected chi connectivity index (χ3v) is 5.11. The Morgan fingerprint density at radius 3 is 2.85 bits per heavy atom. The molecule has 0 amide bonds. The molecule has 2 N–H and O–H groups in total. The molecule has 1 aliphatic carbocycles. The van der Waals surface area contributed by atoms with Gasteiger partial charge in [0, 0.05) is 16.7 Å². The number of benzene rings is 1. The van der Waals surface area contributed by atoms with Crippen LogP contribution in [-0.4, -0.2) is 23.0 Å². The molecule has 1 aromatic rings. The molecule has 0 heterocycles. The van der Waals surface area contributed by atoms with Crippen molar-refractivity contribution in [3.63, 3.8) is 0 Å². The summed E-state index contributed by atoms with van der Waals surface area (Å²) >= 11 is 1.85. The van der Waals surface area contributed by atoms with Gasteiger partial charge < -0.3 is 10.4 Å². The van der Waals surface area contributed by atoms with Crippen molar-refractivity contribution < 1.29 is 5.11 Å². The van der Waals surface area contributed by atoms with Crippen molar-refractivity contribution in [2.75, 3.05) is 6.54 Å². The first kappa shape index (κ1) is 15.9. The molecule has 2 rings (SSSR count). The topological polar surface area (TPSA) is 32.3 Å². The van der Waals surface area contributed by atoms with E-state index >= 15 is 0 Å². The first-order chi connectivity index (χ1) is 9.65. The maximum absolute atomic E-state index is 10.1. The Morgan fingerprint density at radius 1 is 1.30 bits per heavy atom. The number of thioether (sulfide) groups is 1. The number of hydrogen-bond acceptors (Lipinski definition) is 3. The zero-order chi connectivity index (χ0) is 14.4. The highest BCUT2D eigenvalue weighted by Gasteiger charge is 2.23. The van der Waals surface area contributed by atoms with Gasteiger partial charge in [-0.1, -0.05) is 38.8 Å². The summed E-state index contributed by atoms with van der Waals surface area (Å²) in [6, 6.07) is 8.73. The van der Waals surface area contributed by atoms with Crippen LogP contribution in [0, 0.1) is 5.92 Å². The lowest BCUT2D eigenvalue weighted by atomic mass is 9.97. The minimum atomic E-state index is -0.128. The smallest absolute Gasteiger partial charge is 0.0662 e. The Kier molecular flexibility index (Phi) is 6.40. The molecule has 112 valence electrons. The molecule has 1 saturated carbocycles. The Bertz CT molecular complexity index is 408. The summed E-state index contributed by atoms with van der Waals surface area (Å²) in [6.07, 6.45) is 4.41. The molecule has 20 heavy (non-hydrogen) atoms. The van der Waals surface area contributed by atoms with Gasteiger partial charge >= 0.3 is 0 Å². The molecule has 1 aliphatic rings. The van der Waals surface area contributed by atoms with E-state index in [1.807, 2.05) is 11.8 Å². The summed E-state index contributed by atoms with van der Waals surface area (Å²) in [6.45, 7) is 6.44. The van der Waals surface area contributed by atoms with Crippen molar-refractivity contribution in [3.05, 3.63) is 29.8 Å². The Balaban J connectivity index is 1.88. The maximum atomic E-state index is 10.1. The second kappa shape index (κ2) is 8.06. The highest BCUT2D eigenvalue weighted by molar-refractivity contribution is 8.00. The normalized spacial score (nSPS) is 23.2. The lowest BCUT2D eigenvalue weighted by molar-refractivity contribution is 0.137. The number of aliphatic hydroxyl groups excluding tert-OH is 1. The van der Waals surface area contributed by atoms with Crippen LogP contribution < -0.4 is 5.32 Å². The van der Waals surface area contributed by atoms with Crippen LogP contribution in [0.3, 0.4) is 0 Å². The second-order valence-corrected chi connectivity index (χ2v) is 7.49. The fourth-order valence-electron chi connectivity index (χ4n) is 2.62. The summed E-state index contributed by atoms with van der Waals surface area (Å²) in [5.41, 5.74) is 1.33. The van der Waals surface area contributed by atoms with Gasteiger partial charge in [-0.05, 0) is 43.0 Å². The molecule has 0 saturated heterocycles. The number of nitrogens with one attached hydrogen (secondary N) is 1. The van der Waals surface area contributed by atoms with Crippen molar-refractivity contribution in [2.45, 2.75) is 62.3 Å². The summed E-state index contributed by atoms with van der Waals surface area (Å²) in [5.74, 6) is 0.685. The van der Waals surface area contributed by atoms with Crippen LogP contribution in [0.5, 0.6) is 0 Å². The lowest BCUT2D eigenvalue weighted by Crippen LogP contribution is -2.26. The van der Waals surface area contributed by atoms with Crippen LogP contribution in [0.1, 0.15) is 45.1 Å². The molecule has 2 nitrogen and oxygen atoms in total. The van der Waals surface area contributed by atoms with Crippen LogP contribution in [0.4, 0.5) is 0 Å². The van der Waals surface area contributed by atoms with E-state index in [1.165, 1.54) is 23.3 Å². The molecule has 0 aliphatic heterocycles. The molecule has 3 heteroatoms. The molecule has 0 aromatic heterocycles. The van der Waals surface area contributed by atoms with E-state index in [1.54, 1.807) is 0 Å². The average molecular weight is 293 g/mol. The average Bonchev–Trinajstić information content (AvgIpc) is 2.41. The molecule has 0 spiro atoms. The SMILES string of the molecule is CC(C)CNCc1cccc(SC2CCCCC2O)c1. The number of hydrogen-bond donors (Lipinski definition) is 2. The van der Waals surface area contributed by atoms with Gasteiger partial charge in [-0.25, -0.2) is 0 Å². The van der Waals surface area contributed by atoms with Crippen molar-refractivity contribution in [2.24, 2.45) is 5.92 Å². The predicted octanol–water partition coefficient (Wildman–Crippen LogP) is 3.83. The van der Waals surface area contributed by atoms with E-state index in [9.17, 15) is 5.11 Å². The highest BCUT2D eigenvalue weighted by Crippen LogP contribution is 2.34. The van der Waals surface area contributed by atoms with Gasteiger partial charge in [-0.3, -0.25) is 0 Å². The fraction of sp³-hybridized carbons (Fsp3) is 0.647. The minimum Gasteiger partial charge on any atom is -0.392 e. The molecule has 0 bridgehead atoms. The second-order valence-electron chi connectivity index (χ2n) is 6.18. The molecular weight excluding hydrogens is 266 g/mol. The molecule has 1 fully saturated rings. The van der Waals surface area contributed by atoms with Gasteiger partial charge in [0.05, 0.1) is 6.10 Å². The quantitative estimate of drug-likeness (QED) is 0.836. The number of rotatable bonds is 6. The molecule has 2 unspecified atom stereocenters. The van der Waals surface area contributed by atoms with Gasteiger partial charge in [0.15, 0.2) is 0 Å². The molecular formula is C17H27NOS. The summed E-state index contributed by atoms with van der Waals surface area (Å²) in [4.78, 5) is 1.29. The van der Waals surface area contributed by atoms with Crippen molar-refractivity contribution in [1.29, 1.82) is 0 Å². The van der Waals surface area contributed by atoms with Crippen LogP contribution in [0.15, 0.2) is 29.2 Å². The van der Waals surface area contributed by atoms with Crippen LogP contribution in [0.25, 0.3) is 0 Å². The van der Waals surface area contributed by atoms with Crippen LogP contribution >= 0.6 is 11.8 Å². The summed E-state index contributed by atoms with van der Waals surface area (Å²) in [7, 11) is 0. The Labute approximate surface area is 127 Å². The zero-order valence-corrected chi connectivity index (χ0v) is 13.5. The van der Waals surface area contributed by atoms with Crippen molar-refractivity contribution in [3.8, 4) is 0 Å². The number of aliphatic hydroxyl groups is 1. The van der Waals surface area contributed by atoms with E-state index in [-0.39, 0.29) is 6.10 Å². The Morgan fingerprint density at radius 2 is 2.10 bits per heavy atom. The first-order valence-electron chi connectivity index (χ1n) is 7.79. The van der Waals surface area contributed by atoms with Gasteiger partial charge in [-0.2, -0.15) is 0 Å². The standard InChI is InChI=1S/C17H27NOS/c1-13(2)11-18-12-14-6-5-7-15(10-14)20-17-9-4-3-8-16(17)19/h5-7,10,13,16-19H,3-4,8-9,11-12H2,1-2H3. The van der Waals surface area contributed by atoms with Gasteiger partial charge in [0.25, 0.3) is 0 Å². The van der Waals surface area contributed by atoms with E-state index in [0.717, 1.165) is 25.9 Å². The zero-order valence-electron chi connectivity index (χ0n) is 12.6. The van der Waals surface area contributed by atoms with Crippen molar-refractivity contribution >= 4 is 11.8 Å². The van der Waals surface area contributed by atoms with E-state index in [0.29, 0.717) is 11.2 Å². The first-order valence-corrected chi connectivity index (χ1v) is 8.67. The monoisotopic (exact) mass is 293 g/mol. The minimum absolute atomic E-state index is 0.128. The molecule has 0 radical (unpaired) electrons. The molecule has 2 atom stereocenters. The maximum Gasteiger partial charge on any atom is 0.0662 e. The highest BCUT2D eigenvalue weighted by atomic mass is 32.2. The van der Waals surface area contributed by atoms with Crippen LogP contribution in [0.2, 0.25) is 0 Å². The Hall–Kier alpha value is -0.510. The van der Waals surface area contributed by atoms with Gasteiger partial charge in [0.2, 0.25) is 0 Å².